The van der Waals surface area contributed by atoms with E-state index in [4.69, 9.17) is 9.90 Å². The van der Waals surface area contributed by atoms with Crippen LogP contribution in [0.4, 0.5) is 17.6 Å². The summed E-state index contributed by atoms with van der Waals surface area (Å²) < 4.78 is 45.7. The Kier molecular flexibility index (Phi) is 5.72. The first kappa shape index (κ1) is 19.2. The van der Waals surface area contributed by atoms with E-state index in [1.807, 2.05) is 12.3 Å². The van der Waals surface area contributed by atoms with Crippen molar-refractivity contribution in [2.24, 2.45) is 0 Å². The van der Waals surface area contributed by atoms with E-state index in [9.17, 15) is 17.6 Å². The first-order valence-electron chi connectivity index (χ1n) is 7.83. The van der Waals surface area contributed by atoms with Crippen molar-refractivity contribution in [2.45, 2.75) is 37.4 Å². The zero-order chi connectivity index (χ0) is 18.8. The Morgan fingerprint density at radius 3 is 2.44 bits per heavy atom. The minimum Gasteiger partial charge on any atom is -0.475 e. The van der Waals surface area contributed by atoms with Crippen LogP contribution < -0.4 is 0 Å². The molecule has 0 bridgehead atoms. The lowest BCUT2D eigenvalue weighted by molar-refractivity contribution is -0.192. The third-order valence-corrected chi connectivity index (χ3v) is 4.50. The summed E-state index contributed by atoms with van der Waals surface area (Å²) in [5, 5.41) is 7.92. The zero-order valence-corrected chi connectivity index (χ0v) is 13.9. The summed E-state index contributed by atoms with van der Waals surface area (Å²) in [4.78, 5) is 14.4. The van der Waals surface area contributed by atoms with Crippen molar-refractivity contribution in [3.8, 4) is 0 Å². The van der Waals surface area contributed by atoms with Crippen LogP contribution in [-0.2, 0) is 4.79 Å². The van der Waals surface area contributed by atoms with Crippen LogP contribution in [0.5, 0.6) is 0 Å². The molecule has 1 heterocycles. The van der Waals surface area contributed by atoms with Crippen molar-refractivity contribution >= 4 is 16.9 Å². The quantitative estimate of drug-likeness (QED) is 0.792. The summed E-state index contributed by atoms with van der Waals surface area (Å²) in [6.45, 7) is 0. The second kappa shape index (κ2) is 7.43. The summed E-state index contributed by atoms with van der Waals surface area (Å²) in [5.41, 5.74) is 2.07. The fourth-order valence-corrected chi connectivity index (χ4v) is 3.20. The van der Waals surface area contributed by atoms with Crippen LogP contribution >= 0.6 is 0 Å². The predicted octanol–water partition coefficient (Wildman–Crippen LogP) is 4.14. The third-order valence-electron chi connectivity index (χ3n) is 4.50. The lowest BCUT2D eigenvalue weighted by Gasteiger charge is -2.18. The number of halogens is 4. The highest BCUT2D eigenvalue weighted by molar-refractivity contribution is 5.84. The van der Waals surface area contributed by atoms with E-state index in [1.165, 1.54) is 6.42 Å². The number of hydrogen-bond donors (Lipinski definition) is 2. The first-order chi connectivity index (χ1) is 11.6. The van der Waals surface area contributed by atoms with Crippen LogP contribution in [0.2, 0.25) is 0 Å². The highest BCUT2D eigenvalue weighted by Crippen LogP contribution is 2.39. The molecular formula is C17H20F4N2O2. The summed E-state index contributed by atoms with van der Waals surface area (Å²) >= 11 is 0. The molecule has 1 saturated carbocycles. The van der Waals surface area contributed by atoms with Gasteiger partial charge in [0.1, 0.15) is 5.82 Å². The maximum absolute atomic E-state index is 14.0. The number of carboxylic acids is 1. The normalized spacial score (nSPS) is 20.6. The molecule has 0 spiro atoms. The molecule has 1 aromatic heterocycles. The van der Waals surface area contributed by atoms with Crippen molar-refractivity contribution < 1.29 is 27.5 Å². The lowest BCUT2D eigenvalue weighted by Crippen LogP contribution is -2.24. The number of aliphatic carboxylic acids is 1. The molecular weight excluding hydrogens is 340 g/mol. The fourth-order valence-electron chi connectivity index (χ4n) is 3.20. The van der Waals surface area contributed by atoms with E-state index in [-0.39, 0.29) is 5.82 Å². The number of aromatic nitrogens is 1. The number of hydrogen-bond acceptors (Lipinski definition) is 2. The molecule has 1 aliphatic carbocycles. The standard InChI is InChI=1S/C15H19FN2.C2HF3O2/c1-18(2)11-7-6-10(8-11)12-9-17-14-5-3-4-13(16)15(12)14;3-2(4,5)1(6)7/h3-5,9-11,17H,6-8H2,1-2H3;(H,6,7). The molecule has 3 rings (SSSR count). The molecule has 0 saturated heterocycles. The number of carbonyl (C=O) groups is 1. The van der Waals surface area contributed by atoms with Crippen LogP contribution in [0.25, 0.3) is 10.9 Å². The van der Waals surface area contributed by atoms with Gasteiger partial charge in [-0.05, 0) is 57.0 Å². The Hall–Kier alpha value is -2.09. The van der Waals surface area contributed by atoms with Gasteiger partial charge in [-0.3, -0.25) is 0 Å². The van der Waals surface area contributed by atoms with Gasteiger partial charge in [-0.25, -0.2) is 9.18 Å². The van der Waals surface area contributed by atoms with Crippen molar-refractivity contribution in [3.05, 3.63) is 35.8 Å². The van der Waals surface area contributed by atoms with E-state index in [0.717, 1.165) is 29.3 Å². The van der Waals surface area contributed by atoms with E-state index >= 15 is 0 Å². The summed E-state index contributed by atoms with van der Waals surface area (Å²) in [5.74, 6) is -2.37. The predicted molar refractivity (Wildman–Crippen MR) is 86.0 cm³/mol. The van der Waals surface area contributed by atoms with Crippen molar-refractivity contribution in [1.29, 1.82) is 0 Å². The number of carboxylic acid groups (broad SMARTS) is 1. The molecule has 1 fully saturated rings. The number of aromatic amines is 1. The van der Waals surface area contributed by atoms with Gasteiger partial charge < -0.3 is 15.0 Å². The van der Waals surface area contributed by atoms with Crippen molar-refractivity contribution in [3.63, 3.8) is 0 Å². The Labute approximate surface area is 142 Å². The number of benzene rings is 1. The van der Waals surface area contributed by atoms with Crippen LogP contribution in [0.3, 0.4) is 0 Å². The molecule has 2 unspecified atom stereocenters. The molecule has 0 amide bonds. The summed E-state index contributed by atoms with van der Waals surface area (Å²) in [6, 6.07) is 5.89. The van der Waals surface area contributed by atoms with E-state index < -0.39 is 12.1 Å². The minimum absolute atomic E-state index is 0.1000. The maximum Gasteiger partial charge on any atom is 0.490 e. The summed E-state index contributed by atoms with van der Waals surface area (Å²) in [6.07, 6.45) is 0.410. The molecule has 8 heteroatoms. The van der Waals surface area contributed by atoms with Crippen LogP contribution in [0.15, 0.2) is 24.4 Å². The van der Waals surface area contributed by atoms with E-state index in [0.29, 0.717) is 12.0 Å². The highest BCUT2D eigenvalue weighted by atomic mass is 19.4. The Morgan fingerprint density at radius 1 is 1.28 bits per heavy atom. The lowest BCUT2D eigenvalue weighted by atomic mass is 9.96. The zero-order valence-electron chi connectivity index (χ0n) is 13.9. The van der Waals surface area contributed by atoms with Crippen LogP contribution in [0.1, 0.15) is 30.7 Å². The monoisotopic (exact) mass is 360 g/mol. The molecule has 0 radical (unpaired) electrons. The van der Waals surface area contributed by atoms with Gasteiger partial charge in [0.15, 0.2) is 0 Å². The van der Waals surface area contributed by atoms with Gasteiger partial charge in [0.2, 0.25) is 0 Å². The number of nitrogens with zero attached hydrogens (tertiary/aromatic N) is 1. The molecule has 2 aromatic rings. The average Bonchev–Trinajstić information content (AvgIpc) is 3.13. The highest BCUT2D eigenvalue weighted by Gasteiger charge is 2.38. The Bertz CT molecular complexity index is 740. The fraction of sp³-hybridized carbons (Fsp3) is 0.471. The van der Waals surface area contributed by atoms with Gasteiger partial charge in [0.05, 0.1) is 0 Å². The molecule has 2 atom stereocenters. The van der Waals surface area contributed by atoms with Gasteiger partial charge in [0.25, 0.3) is 0 Å². The minimum atomic E-state index is -5.08. The molecule has 1 aliphatic rings. The Morgan fingerprint density at radius 2 is 1.92 bits per heavy atom. The topological polar surface area (TPSA) is 56.3 Å². The molecule has 0 aliphatic heterocycles. The largest absolute Gasteiger partial charge is 0.490 e. The second-order valence-corrected chi connectivity index (χ2v) is 6.34. The van der Waals surface area contributed by atoms with Crippen molar-refractivity contribution in [1.82, 2.24) is 9.88 Å². The summed E-state index contributed by atoms with van der Waals surface area (Å²) in [7, 11) is 4.26. The second-order valence-electron chi connectivity index (χ2n) is 6.34. The van der Waals surface area contributed by atoms with E-state index in [2.05, 4.69) is 24.0 Å². The smallest absolute Gasteiger partial charge is 0.475 e. The van der Waals surface area contributed by atoms with E-state index in [1.54, 1.807) is 12.1 Å². The van der Waals surface area contributed by atoms with Crippen molar-refractivity contribution in [2.75, 3.05) is 14.1 Å². The number of nitrogens with one attached hydrogen (secondary N) is 1. The average molecular weight is 360 g/mol. The van der Waals surface area contributed by atoms with Gasteiger partial charge in [-0.1, -0.05) is 6.07 Å². The number of fused-ring (bicyclic) bond motifs is 1. The molecule has 25 heavy (non-hydrogen) atoms. The van der Waals surface area contributed by atoms with Gasteiger partial charge in [-0.15, -0.1) is 0 Å². The van der Waals surface area contributed by atoms with Crippen LogP contribution in [-0.4, -0.2) is 47.3 Å². The maximum atomic E-state index is 14.0. The number of rotatable bonds is 2. The molecule has 138 valence electrons. The van der Waals surface area contributed by atoms with Gasteiger partial charge in [-0.2, -0.15) is 13.2 Å². The molecule has 4 nitrogen and oxygen atoms in total. The SMILES string of the molecule is CN(C)C1CCC(c2c[nH]c3cccc(F)c23)C1.O=C(O)C(F)(F)F. The first-order valence-corrected chi connectivity index (χ1v) is 7.83. The Balaban J connectivity index is 0.000000277. The molecule has 2 N–H and O–H groups in total. The van der Waals surface area contributed by atoms with Gasteiger partial charge >= 0.3 is 12.1 Å². The van der Waals surface area contributed by atoms with Gasteiger partial charge in [0, 0.05) is 23.1 Å². The number of H-pyrrole nitrogens is 1. The number of alkyl halides is 3. The van der Waals surface area contributed by atoms with Crippen LogP contribution in [0, 0.1) is 5.82 Å². The molecule has 1 aromatic carbocycles. The third kappa shape index (κ3) is 4.50.